The summed E-state index contributed by atoms with van der Waals surface area (Å²) >= 11 is 17.9. The van der Waals surface area contributed by atoms with Gasteiger partial charge in [0.15, 0.2) is 18.3 Å². The van der Waals surface area contributed by atoms with E-state index in [0.717, 1.165) is 33.9 Å². The average Bonchev–Trinajstić information content (AvgIpc) is 2.66. The minimum absolute atomic E-state index is 0.139. The van der Waals surface area contributed by atoms with E-state index >= 15 is 0 Å². The molecule has 0 heterocycles. The van der Waals surface area contributed by atoms with Crippen LogP contribution >= 0.6 is 34.8 Å². The Morgan fingerprint density at radius 1 is 0.879 bits per heavy atom. The van der Waals surface area contributed by atoms with Gasteiger partial charge in [-0.1, -0.05) is 34.8 Å². The van der Waals surface area contributed by atoms with Crippen LogP contribution in [0, 0.1) is 0 Å². The average molecular weight is 524 g/mol. The number of esters is 4. The van der Waals surface area contributed by atoms with Crippen molar-refractivity contribution in [2.75, 3.05) is 6.61 Å². The van der Waals surface area contributed by atoms with Gasteiger partial charge in [-0.25, -0.2) is 0 Å². The quantitative estimate of drug-likeness (QED) is 0.247. The molecular weight excluding hydrogens is 503 g/mol. The Labute approximate surface area is 204 Å². The molecule has 13 heteroatoms. The first-order valence-corrected chi connectivity index (χ1v) is 10.4. The first-order chi connectivity index (χ1) is 15.4. The standard InChI is InChI=1S/C20H21Cl3N2O8/c1-10(26)30-9-18(32-12(3)28)20(33-13(4)29)17(31-11(2)27)5-6-24-25-19-15(22)7-14(21)8-16(19)23/h5-8,17-18,20H,9H2,1-4H3/b6-5+,25-24?/t17-,18-,20-/m1/s1. The van der Waals surface area contributed by atoms with Crippen LogP contribution < -0.4 is 0 Å². The topological polar surface area (TPSA) is 130 Å². The lowest BCUT2D eigenvalue weighted by atomic mass is 10.1. The summed E-state index contributed by atoms with van der Waals surface area (Å²) in [5.41, 5.74) is 0.139. The van der Waals surface area contributed by atoms with Crippen molar-refractivity contribution in [2.45, 2.75) is 46.0 Å². The molecule has 0 aromatic heterocycles. The Balaban J connectivity index is 3.26. The molecule has 0 aliphatic rings. The van der Waals surface area contributed by atoms with Gasteiger partial charge in [0.2, 0.25) is 0 Å². The van der Waals surface area contributed by atoms with Crippen molar-refractivity contribution in [3.05, 3.63) is 39.5 Å². The van der Waals surface area contributed by atoms with Gasteiger partial charge in [0.25, 0.3) is 0 Å². The van der Waals surface area contributed by atoms with Crippen molar-refractivity contribution in [2.24, 2.45) is 10.2 Å². The number of carbonyl (C=O) groups is 4. The lowest BCUT2D eigenvalue weighted by molar-refractivity contribution is -0.185. The maximum atomic E-state index is 11.7. The molecule has 0 fully saturated rings. The van der Waals surface area contributed by atoms with E-state index in [2.05, 4.69) is 10.2 Å². The molecule has 0 saturated heterocycles. The lowest BCUT2D eigenvalue weighted by Crippen LogP contribution is -2.46. The van der Waals surface area contributed by atoms with Gasteiger partial charge in [-0.05, 0) is 18.2 Å². The van der Waals surface area contributed by atoms with Crippen LogP contribution in [-0.4, -0.2) is 48.8 Å². The van der Waals surface area contributed by atoms with Gasteiger partial charge in [-0.15, -0.1) is 5.11 Å². The van der Waals surface area contributed by atoms with Gasteiger partial charge in [0, 0.05) is 38.9 Å². The zero-order valence-electron chi connectivity index (χ0n) is 18.0. The van der Waals surface area contributed by atoms with Gasteiger partial charge in [0.05, 0.1) is 10.0 Å². The van der Waals surface area contributed by atoms with Crippen LogP contribution in [0.3, 0.4) is 0 Å². The van der Waals surface area contributed by atoms with E-state index in [-0.39, 0.29) is 15.7 Å². The molecule has 3 atom stereocenters. The zero-order chi connectivity index (χ0) is 25.1. The normalized spacial score (nSPS) is 13.9. The van der Waals surface area contributed by atoms with E-state index in [4.69, 9.17) is 53.8 Å². The second kappa shape index (κ2) is 13.8. The maximum Gasteiger partial charge on any atom is 0.303 e. The summed E-state index contributed by atoms with van der Waals surface area (Å²) in [4.78, 5) is 46.1. The summed E-state index contributed by atoms with van der Waals surface area (Å²) in [6.07, 6.45) is -1.60. The van der Waals surface area contributed by atoms with Crippen molar-refractivity contribution in [3.8, 4) is 0 Å². The van der Waals surface area contributed by atoms with Crippen LogP contribution in [0.15, 0.2) is 34.6 Å². The molecule has 0 amide bonds. The van der Waals surface area contributed by atoms with E-state index in [1.807, 2.05) is 0 Å². The van der Waals surface area contributed by atoms with Gasteiger partial charge in [0.1, 0.15) is 12.3 Å². The number of carbonyl (C=O) groups excluding carboxylic acids is 4. The van der Waals surface area contributed by atoms with Crippen molar-refractivity contribution in [1.29, 1.82) is 0 Å². The Bertz CT molecular complexity index is 928. The number of hydrogen-bond donors (Lipinski definition) is 0. The monoisotopic (exact) mass is 522 g/mol. The summed E-state index contributed by atoms with van der Waals surface area (Å²) < 4.78 is 20.4. The van der Waals surface area contributed by atoms with Crippen molar-refractivity contribution in [1.82, 2.24) is 0 Å². The summed E-state index contributed by atoms with van der Waals surface area (Å²) in [6, 6.07) is 2.84. The number of rotatable bonds is 10. The first kappa shape index (κ1) is 28.3. The van der Waals surface area contributed by atoms with Crippen molar-refractivity contribution >= 4 is 64.4 Å². The molecule has 1 aromatic carbocycles. The van der Waals surface area contributed by atoms with E-state index in [1.54, 1.807) is 0 Å². The summed E-state index contributed by atoms with van der Waals surface area (Å²) in [5.74, 6) is -2.93. The van der Waals surface area contributed by atoms with Gasteiger partial charge >= 0.3 is 23.9 Å². The van der Waals surface area contributed by atoms with E-state index < -0.39 is 48.8 Å². The number of benzene rings is 1. The molecule has 0 radical (unpaired) electrons. The molecule has 0 saturated carbocycles. The highest BCUT2D eigenvalue weighted by atomic mass is 35.5. The molecule has 33 heavy (non-hydrogen) atoms. The highest BCUT2D eigenvalue weighted by molar-refractivity contribution is 6.41. The SMILES string of the molecule is CC(=O)OC[C@@H](OC(C)=O)[C@H](OC(C)=O)[C@@H](/C=C/N=Nc1c(Cl)cc(Cl)cc1Cl)OC(C)=O. The fourth-order valence-corrected chi connectivity index (χ4v) is 3.30. The predicted molar refractivity (Wildman–Crippen MR) is 118 cm³/mol. The maximum absolute atomic E-state index is 11.7. The van der Waals surface area contributed by atoms with Gasteiger partial charge in [-0.2, -0.15) is 5.11 Å². The van der Waals surface area contributed by atoms with Crippen LogP contribution in [0.25, 0.3) is 0 Å². The smallest absolute Gasteiger partial charge is 0.303 e. The molecule has 0 spiro atoms. The Hall–Kier alpha value is -2.69. The molecule has 10 nitrogen and oxygen atoms in total. The second-order valence-electron chi connectivity index (χ2n) is 6.37. The van der Waals surface area contributed by atoms with E-state index in [9.17, 15) is 19.2 Å². The summed E-state index contributed by atoms with van der Waals surface area (Å²) in [7, 11) is 0. The van der Waals surface area contributed by atoms with Crippen LogP contribution in [0.4, 0.5) is 5.69 Å². The zero-order valence-corrected chi connectivity index (χ0v) is 20.3. The molecule has 0 N–H and O–H groups in total. The van der Waals surface area contributed by atoms with Crippen LogP contribution in [0.5, 0.6) is 0 Å². The third kappa shape index (κ3) is 10.6. The van der Waals surface area contributed by atoms with Crippen LogP contribution in [-0.2, 0) is 38.1 Å². The van der Waals surface area contributed by atoms with Gasteiger partial charge < -0.3 is 18.9 Å². The Kier molecular flexibility index (Phi) is 11.8. The molecule has 1 rings (SSSR count). The molecule has 1 aromatic rings. The van der Waals surface area contributed by atoms with Crippen molar-refractivity contribution in [3.63, 3.8) is 0 Å². The molecule has 0 unspecified atom stereocenters. The Morgan fingerprint density at radius 2 is 1.42 bits per heavy atom. The third-order valence-electron chi connectivity index (χ3n) is 3.54. The first-order valence-electron chi connectivity index (χ1n) is 9.27. The molecule has 180 valence electrons. The minimum Gasteiger partial charge on any atom is -0.462 e. The molecule has 0 bridgehead atoms. The second-order valence-corrected chi connectivity index (χ2v) is 7.62. The lowest BCUT2D eigenvalue weighted by Gasteiger charge is -2.30. The summed E-state index contributed by atoms with van der Waals surface area (Å²) in [6.45, 7) is 4.00. The number of azo groups is 1. The highest BCUT2D eigenvalue weighted by Crippen LogP contribution is 2.36. The number of hydrogen-bond acceptors (Lipinski definition) is 10. The fourth-order valence-electron chi connectivity index (χ4n) is 2.41. The minimum atomic E-state index is -1.37. The van der Waals surface area contributed by atoms with Crippen LogP contribution in [0.1, 0.15) is 27.7 Å². The number of halogens is 3. The van der Waals surface area contributed by atoms with E-state index in [0.29, 0.717) is 5.02 Å². The van der Waals surface area contributed by atoms with E-state index in [1.165, 1.54) is 18.2 Å². The molecule has 0 aliphatic carbocycles. The molecular formula is C20H21Cl3N2O8. The third-order valence-corrected chi connectivity index (χ3v) is 4.34. The Morgan fingerprint density at radius 3 is 1.91 bits per heavy atom. The predicted octanol–water partition coefficient (Wildman–Crippen LogP) is 4.60. The van der Waals surface area contributed by atoms with Crippen LogP contribution in [0.2, 0.25) is 15.1 Å². The highest BCUT2D eigenvalue weighted by Gasteiger charge is 2.36. The largest absolute Gasteiger partial charge is 0.462 e. The fraction of sp³-hybridized carbons (Fsp3) is 0.400. The van der Waals surface area contributed by atoms with Crippen molar-refractivity contribution < 1.29 is 38.1 Å². The van der Waals surface area contributed by atoms with Gasteiger partial charge in [-0.3, -0.25) is 19.2 Å². The molecule has 0 aliphatic heterocycles. The number of ether oxygens (including phenoxy) is 4. The number of nitrogens with zero attached hydrogens (tertiary/aromatic N) is 2. The summed E-state index contributed by atoms with van der Waals surface area (Å²) in [5, 5.41) is 8.29.